The lowest BCUT2D eigenvalue weighted by atomic mass is 9.91. The lowest BCUT2D eigenvalue weighted by molar-refractivity contribution is 0.103. The summed E-state index contributed by atoms with van der Waals surface area (Å²) in [5, 5.41) is 3.22. The first-order valence-corrected chi connectivity index (χ1v) is 8.59. The van der Waals surface area contributed by atoms with E-state index in [-0.39, 0.29) is 11.3 Å². The summed E-state index contributed by atoms with van der Waals surface area (Å²) in [4.78, 5) is 13.0. The van der Waals surface area contributed by atoms with E-state index < -0.39 is 11.9 Å². The van der Waals surface area contributed by atoms with Crippen LogP contribution >= 0.6 is 0 Å². The molecule has 0 amide bonds. The summed E-state index contributed by atoms with van der Waals surface area (Å²) in [6, 6.07) is 8.48. The molecule has 0 spiro atoms. The molecule has 3 nitrogen and oxygen atoms in total. The molecule has 1 atom stereocenters. The number of benzene rings is 2. The quantitative estimate of drug-likeness (QED) is 0.798. The largest absolute Gasteiger partial charge is 0.359 e. The molecule has 4 heteroatoms. The van der Waals surface area contributed by atoms with E-state index in [2.05, 4.69) is 11.9 Å². The Labute approximate surface area is 147 Å². The van der Waals surface area contributed by atoms with Crippen LogP contribution in [0, 0.1) is 12.7 Å². The number of allylic oxidation sites excluding steroid dienone is 1. The number of nitrogens with one attached hydrogen (secondary N) is 1. The maximum absolute atomic E-state index is 15.0. The van der Waals surface area contributed by atoms with Crippen LogP contribution < -0.4 is 11.1 Å². The molecule has 2 aromatic rings. The number of nitrogens with two attached hydrogens (primary N) is 1. The Bertz CT molecular complexity index is 857. The molecule has 130 valence electrons. The van der Waals surface area contributed by atoms with Gasteiger partial charge in [0.1, 0.15) is 5.82 Å². The van der Waals surface area contributed by atoms with Gasteiger partial charge in [-0.15, -0.1) is 0 Å². The van der Waals surface area contributed by atoms with E-state index in [1.54, 1.807) is 25.1 Å². The number of hydrogen-bond acceptors (Lipinski definition) is 3. The van der Waals surface area contributed by atoms with Crippen molar-refractivity contribution in [3.05, 3.63) is 76.2 Å². The second-order valence-electron chi connectivity index (χ2n) is 6.61. The van der Waals surface area contributed by atoms with Gasteiger partial charge < -0.3 is 11.1 Å². The van der Waals surface area contributed by atoms with Crippen molar-refractivity contribution in [3.8, 4) is 0 Å². The monoisotopic (exact) mass is 338 g/mol. The van der Waals surface area contributed by atoms with Gasteiger partial charge in [0, 0.05) is 28.6 Å². The maximum Gasteiger partial charge on any atom is 0.196 e. The third kappa shape index (κ3) is 3.22. The Morgan fingerprint density at radius 3 is 2.80 bits per heavy atom. The van der Waals surface area contributed by atoms with Gasteiger partial charge in [0.05, 0.1) is 5.56 Å². The number of aryl methyl sites for hydroxylation is 2. The zero-order chi connectivity index (χ0) is 18.1. The molecule has 0 fully saturated rings. The minimum atomic E-state index is -0.497. The molecule has 0 radical (unpaired) electrons. The molecule has 1 heterocycles. The first-order valence-electron chi connectivity index (χ1n) is 8.59. The SMILES string of the molecule is C=C1CCc2cc(C(=O)c3c(C)ccc(C(N)CC)c3F)ccc2N1. The summed E-state index contributed by atoms with van der Waals surface area (Å²) < 4.78 is 15.0. The Balaban J connectivity index is 2.03. The van der Waals surface area contributed by atoms with Crippen LogP contribution in [-0.4, -0.2) is 5.78 Å². The fraction of sp³-hybridized carbons (Fsp3) is 0.286. The Hall–Kier alpha value is -2.46. The number of rotatable bonds is 4. The van der Waals surface area contributed by atoms with Crippen molar-refractivity contribution in [1.82, 2.24) is 0 Å². The van der Waals surface area contributed by atoms with Gasteiger partial charge in [-0.3, -0.25) is 4.79 Å². The molecule has 0 saturated carbocycles. The summed E-state index contributed by atoms with van der Waals surface area (Å²) in [5.74, 6) is -0.795. The van der Waals surface area contributed by atoms with Crippen LogP contribution in [0.3, 0.4) is 0 Å². The first kappa shape index (κ1) is 17.4. The molecule has 0 aliphatic carbocycles. The van der Waals surface area contributed by atoms with Crippen molar-refractivity contribution in [2.24, 2.45) is 5.73 Å². The third-order valence-electron chi connectivity index (χ3n) is 4.82. The normalized spacial score (nSPS) is 14.6. The number of carbonyl (C=O) groups is 1. The van der Waals surface area contributed by atoms with Crippen LogP contribution in [0.25, 0.3) is 0 Å². The summed E-state index contributed by atoms with van der Waals surface area (Å²) in [6.07, 6.45) is 2.27. The van der Waals surface area contributed by atoms with Crippen molar-refractivity contribution >= 4 is 11.5 Å². The van der Waals surface area contributed by atoms with E-state index >= 15 is 0 Å². The highest BCUT2D eigenvalue weighted by molar-refractivity contribution is 6.10. The average Bonchev–Trinajstić information content (AvgIpc) is 2.60. The first-order chi connectivity index (χ1) is 11.9. The molecular formula is C21H23FN2O. The van der Waals surface area contributed by atoms with Crippen LogP contribution in [0.4, 0.5) is 10.1 Å². The second-order valence-corrected chi connectivity index (χ2v) is 6.61. The van der Waals surface area contributed by atoms with Crippen molar-refractivity contribution in [2.75, 3.05) is 5.32 Å². The van der Waals surface area contributed by atoms with Gasteiger partial charge in [0.2, 0.25) is 0 Å². The highest BCUT2D eigenvalue weighted by Crippen LogP contribution is 2.30. The molecule has 2 aromatic carbocycles. The Morgan fingerprint density at radius 1 is 1.32 bits per heavy atom. The highest BCUT2D eigenvalue weighted by atomic mass is 19.1. The topological polar surface area (TPSA) is 55.1 Å². The fourth-order valence-electron chi connectivity index (χ4n) is 3.22. The molecule has 25 heavy (non-hydrogen) atoms. The van der Waals surface area contributed by atoms with Crippen LogP contribution in [0.15, 0.2) is 42.6 Å². The van der Waals surface area contributed by atoms with Gasteiger partial charge in [-0.05, 0) is 55.5 Å². The van der Waals surface area contributed by atoms with Gasteiger partial charge in [0.25, 0.3) is 0 Å². The van der Waals surface area contributed by atoms with Crippen LogP contribution in [0.5, 0.6) is 0 Å². The van der Waals surface area contributed by atoms with E-state index in [1.165, 1.54) is 0 Å². The molecule has 0 saturated heterocycles. The predicted octanol–water partition coefficient (Wildman–Crippen LogP) is 4.65. The summed E-state index contributed by atoms with van der Waals surface area (Å²) in [6.45, 7) is 7.59. The molecule has 0 bridgehead atoms. The average molecular weight is 338 g/mol. The minimum Gasteiger partial charge on any atom is -0.359 e. The number of fused-ring (bicyclic) bond motifs is 1. The number of hydrogen-bond donors (Lipinski definition) is 2. The van der Waals surface area contributed by atoms with Crippen LogP contribution in [-0.2, 0) is 6.42 Å². The molecule has 1 aliphatic heterocycles. The minimum absolute atomic E-state index is 0.120. The van der Waals surface area contributed by atoms with Gasteiger partial charge >= 0.3 is 0 Å². The standard InChI is InChI=1S/C21H23FN2O/c1-4-17(23)16-9-5-12(2)19(20(16)22)21(25)15-8-10-18-14(11-15)7-6-13(3)24-18/h5,8-11,17,24H,3-4,6-7,23H2,1-2H3. The van der Waals surface area contributed by atoms with Crippen LogP contribution in [0.2, 0.25) is 0 Å². The van der Waals surface area contributed by atoms with Crippen LogP contribution in [0.1, 0.15) is 58.4 Å². The lowest BCUT2D eigenvalue weighted by Crippen LogP contribution is -2.16. The number of anilines is 1. The van der Waals surface area contributed by atoms with Crippen molar-refractivity contribution in [1.29, 1.82) is 0 Å². The van der Waals surface area contributed by atoms with Crippen molar-refractivity contribution in [2.45, 2.75) is 39.2 Å². The number of ketones is 1. The summed E-state index contributed by atoms with van der Waals surface area (Å²) in [7, 11) is 0. The maximum atomic E-state index is 15.0. The number of halogens is 1. The smallest absolute Gasteiger partial charge is 0.196 e. The van der Waals surface area contributed by atoms with Crippen molar-refractivity contribution < 1.29 is 9.18 Å². The predicted molar refractivity (Wildman–Crippen MR) is 99.3 cm³/mol. The van der Waals surface area contributed by atoms with E-state index in [9.17, 15) is 9.18 Å². The van der Waals surface area contributed by atoms with Gasteiger partial charge in [0.15, 0.2) is 5.78 Å². The molecule has 1 unspecified atom stereocenters. The van der Waals surface area contributed by atoms with E-state index in [4.69, 9.17) is 5.73 Å². The van der Waals surface area contributed by atoms with E-state index in [1.807, 2.05) is 19.1 Å². The lowest BCUT2D eigenvalue weighted by Gasteiger charge is -2.21. The van der Waals surface area contributed by atoms with E-state index in [0.717, 1.165) is 29.8 Å². The molecule has 1 aliphatic rings. The molecule has 3 N–H and O–H groups in total. The van der Waals surface area contributed by atoms with Gasteiger partial charge in [-0.25, -0.2) is 4.39 Å². The zero-order valence-corrected chi connectivity index (χ0v) is 14.7. The third-order valence-corrected chi connectivity index (χ3v) is 4.82. The second kappa shape index (κ2) is 6.81. The summed E-state index contributed by atoms with van der Waals surface area (Å²) >= 11 is 0. The zero-order valence-electron chi connectivity index (χ0n) is 14.7. The Morgan fingerprint density at radius 2 is 2.08 bits per heavy atom. The van der Waals surface area contributed by atoms with Gasteiger partial charge in [-0.1, -0.05) is 25.6 Å². The molecule has 0 aromatic heterocycles. The number of carbonyl (C=O) groups excluding carboxylic acids is 1. The molecular weight excluding hydrogens is 315 g/mol. The van der Waals surface area contributed by atoms with Gasteiger partial charge in [-0.2, -0.15) is 0 Å². The highest BCUT2D eigenvalue weighted by Gasteiger charge is 2.23. The molecule has 3 rings (SSSR count). The summed E-state index contributed by atoms with van der Waals surface area (Å²) in [5.41, 5.74) is 10.6. The van der Waals surface area contributed by atoms with Crippen molar-refractivity contribution in [3.63, 3.8) is 0 Å². The fourth-order valence-corrected chi connectivity index (χ4v) is 3.22. The Kier molecular flexibility index (Phi) is 4.73. The van der Waals surface area contributed by atoms with E-state index in [0.29, 0.717) is 23.1 Å².